The molecular weight excluding hydrogens is 701 g/mol. The van der Waals surface area contributed by atoms with Crippen molar-refractivity contribution in [3.05, 3.63) is 194 Å². The summed E-state index contributed by atoms with van der Waals surface area (Å²) in [5.74, 6) is 1.87. The van der Waals surface area contributed by atoms with Crippen molar-refractivity contribution in [3.8, 4) is 62.1 Å². The average molecular weight is 733 g/mol. The fourth-order valence-corrected chi connectivity index (χ4v) is 9.26. The number of aromatic nitrogens is 4. The van der Waals surface area contributed by atoms with Crippen LogP contribution in [0.4, 0.5) is 0 Å². The number of para-hydroxylation sites is 1. The summed E-state index contributed by atoms with van der Waals surface area (Å²) in [7, 11) is 0. The van der Waals surface area contributed by atoms with Crippen LogP contribution < -0.4 is 0 Å². The van der Waals surface area contributed by atoms with E-state index in [9.17, 15) is 0 Å². The first-order chi connectivity index (χ1) is 27.7. The molecule has 0 atom stereocenters. The highest BCUT2D eigenvalue weighted by Gasteiger charge is 2.20. The zero-order valence-corrected chi connectivity index (χ0v) is 31.0. The normalized spacial score (nSPS) is 11.6. The molecule has 0 unspecified atom stereocenters. The molecule has 0 aliphatic carbocycles. The molecule has 3 aromatic heterocycles. The van der Waals surface area contributed by atoms with Crippen LogP contribution in [0, 0.1) is 0 Å². The van der Waals surface area contributed by atoms with Crippen molar-refractivity contribution < 1.29 is 0 Å². The van der Waals surface area contributed by atoms with Crippen LogP contribution in [0.5, 0.6) is 0 Å². The third-order valence-corrected chi connectivity index (χ3v) is 11.8. The number of rotatable bonds is 6. The fourth-order valence-electron chi connectivity index (χ4n) is 8.00. The van der Waals surface area contributed by atoms with E-state index in [1.54, 1.807) is 0 Å². The van der Waals surface area contributed by atoms with Crippen LogP contribution in [-0.2, 0) is 0 Å². The van der Waals surface area contributed by atoms with E-state index in [0.717, 1.165) is 50.1 Å². The molecule has 0 amide bonds. The first-order valence-electron chi connectivity index (χ1n) is 18.8. The summed E-state index contributed by atoms with van der Waals surface area (Å²) in [5.41, 5.74) is 10.6. The van der Waals surface area contributed by atoms with Gasteiger partial charge in [-0.15, -0.1) is 11.3 Å². The number of benzene rings is 8. The van der Waals surface area contributed by atoms with E-state index >= 15 is 0 Å². The molecular formula is C51H32N4S. The lowest BCUT2D eigenvalue weighted by atomic mass is 10.0. The van der Waals surface area contributed by atoms with Gasteiger partial charge in [-0.1, -0.05) is 152 Å². The van der Waals surface area contributed by atoms with Gasteiger partial charge < -0.3 is 4.57 Å². The predicted molar refractivity (Wildman–Crippen MR) is 234 cm³/mol. The van der Waals surface area contributed by atoms with Crippen LogP contribution in [-0.4, -0.2) is 19.5 Å². The molecule has 56 heavy (non-hydrogen) atoms. The van der Waals surface area contributed by atoms with Crippen LogP contribution in [0.25, 0.3) is 104 Å². The van der Waals surface area contributed by atoms with E-state index in [1.165, 1.54) is 36.5 Å². The molecule has 262 valence electrons. The van der Waals surface area contributed by atoms with Crippen molar-refractivity contribution in [2.75, 3.05) is 0 Å². The molecule has 3 heterocycles. The van der Waals surface area contributed by atoms with E-state index in [-0.39, 0.29) is 0 Å². The van der Waals surface area contributed by atoms with Crippen molar-refractivity contribution in [1.29, 1.82) is 0 Å². The molecule has 0 saturated carbocycles. The number of hydrogen-bond acceptors (Lipinski definition) is 4. The van der Waals surface area contributed by atoms with E-state index < -0.39 is 0 Å². The number of hydrogen-bond donors (Lipinski definition) is 0. The van der Waals surface area contributed by atoms with Gasteiger partial charge >= 0.3 is 0 Å². The molecule has 5 heteroatoms. The number of fused-ring (bicyclic) bond motifs is 7. The molecule has 11 rings (SSSR count). The van der Waals surface area contributed by atoms with Crippen molar-refractivity contribution in [2.45, 2.75) is 0 Å². The van der Waals surface area contributed by atoms with Crippen molar-refractivity contribution >= 4 is 53.3 Å². The standard InChI is InChI=1S/C51H32N4S/c1-4-15-33(16-5-1)36-21-14-22-37(29-36)50-52-49(35-19-8-3-9-20-35)53-51(54-50)39-30-38(34-17-6-2-7-18-34)31-40(32-39)55-44-25-12-10-24-43(44)47-45(55)28-27-42-41-23-11-13-26-46(41)56-48(42)47/h1-32H. The van der Waals surface area contributed by atoms with Gasteiger partial charge in [-0.25, -0.2) is 15.0 Å². The van der Waals surface area contributed by atoms with Gasteiger partial charge in [0.1, 0.15) is 0 Å². The summed E-state index contributed by atoms with van der Waals surface area (Å²) in [6, 6.07) is 68.5. The SMILES string of the molecule is c1ccc(-c2cccc(-c3nc(-c4ccccc4)nc(-c4cc(-c5ccccc5)cc(-n5c6ccccc6c6c7sc8ccccc8c7ccc65)c4)n3)c2)cc1. The summed E-state index contributed by atoms with van der Waals surface area (Å²) in [4.78, 5) is 15.5. The number of nitrogens with zero attached hydrogens (tertiary/aromatic N) is 4. The first kappa shape index (κ1) is 32.2. The summed E-state index contributed by atoms with van der Waals surface area (Å²) in [5, 5.41) is 5.10. The largest absolute Gasteiger partial charge is 0.309 e. The highest BCUT2D eigenvalue weighted by molar-refractivity contribution is 7.26. The predicted octanol–water partition coefficient (Wildman–Crippen LogP) is 13.7. The second kappa shape index (κ2) is 13.3. The van der Waals surface area contributed by atoms with Gasteiger partial charge in [-0.3, -0.25) is 0 Å². The lowest BCUT2D eigenvalue weighted by Gasteiger charge is -2.14. The third-order valence-electron chi connectivity index (χ3n) is 10.6. The van der Waals surface area contributed by atoms with Gasteiger partial charge in [-0.2, -0.15) is 0 Å². The maximum atomic E-state index is 5.25. The highest BCUT2D eigenvalue weighted by Crippen LogP contribution is 2.44. The zero-order chi connectivity index (χ0) is 37.0. The third kappa shape index (κ3) is 5.48. The molecule has 0 radical (unpaired) electrons. The lowest BCUT2D eigenvalue weighted by molar-refractivity contribution is 1.07. The summed E-state index contributed by atoms with van der Waals surface area (Å²) < 4.78 is 5.02. The molecule has 0 saturated heterocycles. The van der Waals surface area contributed by atoms with Gasteiger partial charge in [0.25, 0.3) is 0 Å². The van der Waals surface area contributed by atoms with Crippen LogP contribution in [0.15, 0.2) is 194 Å². The van der Waals surface area contributed by atoms with Crippen molar-refractivity contribution in [1.82, 2.24) is 19.5 Å². The molecule has 0 bridgehead atoms. The first-order valence-corrected chi connectivity index (χ1v) is 19.6. The highest BCUT2D eigenvalue weighted by atomic mass is 32.1. The second-order valence-electron chi connectivity index (χ2n) is 14.0. The molecule has 11 aromatic rings. The van der Waals surface area contributed by atoms with Gasteiger partial charge in [0.15, 0.2) is 17.5 Å². The average Bonchev–Trinajstić information content (AvgIpc) is 3.83. The van der Waals surface area contributed by atoms with E-state index in [0.29, 0.717) is 17.5 Å². The summed E-state index contributed by atoms with van der Waals surface area (Å²) in [6.45, 7) is 0. The Bertz CT molecular complexity index is 3240. The topological polar surface area (TPSA) is 43.6 Å². The fraction of sp³-hybridized carbons (Fsp3) is 0. The lowest BCUT2D eigenvalue weighted by Crippen LogP contribution is -2.02. The monoisotopic (exact) mass is 732 g/mol. The minimum Gasteiger partial charge on any atom is -0.309 e. The summed E-state index contributed by atoms with van der Waals surface area (Å²) >= 11 is 1.87. The Morgan fingerprint density at radius 1 is 0.339 bits per heavy atom. The second-order valence-corrected chi connectivity index (χ2v) is 15.1. The van der Waals surface area contributed by atoms with E-state index in [1.807, 2.05) is 35.6 Å². The van der Waals surface area contributed by atoms with Gasteiger partial charge in [0, 0.05) is 53.3 Å². The van der Waals surface area contributed by atoms with Gasteiger partial charge in [0.2, 0.25) is 0 Å². The van der Waals surface area contributed by atoms with Gasteiger partial charge in [-0.05, 0) is 64.7 Å². The minimum atomic E-state index is 0.616. The van der Waals surface area contributed by atoms with E-state index in [2.05, 4.69) is 174 Å². The maximum Gasteiger partial charge on any atom is 0.164 e. The van der Waals surface area contributed by atoms with Crippen LogP contribution in [0.3, 0.4) is 0 Å². The van der Waals surface area contributed by atoms with Crippen LogP contribution in [0.2, 0.25) is 0 Å². The Balaban J connectivity index is 1.17. The molecule has 0 spiro atoms. The smallest absolute Gasteiger partial charge is 0.164 e. The van der Waals surface area contributed by atoms with Crippen LogP contribution in [0.1, 0.15) is 0 Å². The summed E-state index contributed by atoms with van der Waals surface area (Å²) in [6.07, 6.45) is 0. The zero-order valence-electron chi connectivity index (χ0n) is 30.2. The van der Waals surface area contributed by atoms with Gasteiger partial charge in [0.05, 0.1) is 11.0 Å². The molecule has 0 aliphatic rings. The molecule has 0 aliphatic heterocycles. The van der Waals surface area contributed by atoms with Crippen molar-refractivity contribution in [3.63, 3.8) is 0 Å². The Morgan fingerprint density at radius 3 is 1.62 bits per heavy atom. The number of thiophene rings is 1. The Kier molecular flexibility index (Phi) is 7.64. The van der Waals surface area contributed by atoms with Crippen LogP contribution >= 0.6 is 11.3 Å². The molecule has 0 fully saturated rings. The van der Waals surface area contributed by atoms with E-state index in [4.69, 9.17) is 15.0 Å². The molecule has 8 aromatic carbocycles. The van der Waals surface area contributed by atoms with Crippen molar-refractivity contribution in [2.24, 2.45) is 0 Å². The Labute approximate surface area is 327 Å². The Morgan fingerprint density at radius 2 is 0.875 bits per heavy atom. The maximum absolute atomic E-state index is 5.25. The molecule has 0 N–H and O–H groups in total. The quantitative estimate of drug-likeness (QED) is 0.171. The molecule has 4 nitrogen and oxygen atoms in total. The minimum absolute atomic E-state index is 0.616. The Hall–Kier alpha value is -7.21.